The summed E-state index contributed by atoms with van der Waals surface area (Å²) in [5, 5.41) is 9.64. The molecule has 0 saturated carbocycles. The topological polar surface area (TPSA) is 55.8 Å². The monoisotopic (exact) mass is 270 g/mol. The number of rotatable bonds is 3. The number of benzene rings is 1. The average Bonchev–Trinajstić information content (AvgIpc) is 2.29. The Hall–Kier alpha value is -1.42. The molecule has 0 spiro atoms. The quantitative estimate of drug-likeness (QED) is 0.918. The molecule has 0 amide bonds. The summed E-state index contributed by atoms with van der Waals surface area (Å²) < 4.78 is 10.9. The number of halogens is 1. The van der Waals surface area contributed by atoms with Gasteiger partial charge in [0.2, 0.25) is 0 Å². The molecule has 0 fully saturated rings. The predicted molar refractivity (Wildman–Crippen MR) is 67.6 cm³/mol. The standard InChI is InChI=1S/C13H15ClO4/c1-13(2,12(15)16)7-8-5-10-11(6-9(8)14)18-4-3-17-10/h5-6H,3-4,7H2,1-2H3,(H,15,16). The highest BCUT2D eigenvalue weighted by Crippen LogP contribution is 2.37. The van der Waals surface area contributed by atoms with Gasteiger partial charge in [0, 0.05) is 11.1 Å². The van der Waals surface area contributed by atoms with E-state index in [0.29, 0.717) is 36.2 Å². The fourth-order valence-corrected chi connectivity index (χ4v) is 2.01. The number of fused-ring (bicyclic) bond motifs is 1. The van der Waals surface area contributed by atoms with Crippen molar-refractivity contribution >= 4 is 17.6 Å². The van der Waals surface area contributed by atoms with Gasteiger partial charge in [-0.3, -0.25) is 4.79 Å². The Labute approximate surface area is 110 Å². The molecule has 4 nitrogen and oxygen atoms in total. The zero-order valence-corrected chi connectivity index (χ0v) is 11.1. The molecule has 98 valence electrons. The molecule has 0 aromatic heterocycles. The van der Waals surface area contributed by atoms with Gasteiger partial charge in [-0.15, -0.1) is 0 Å². The second-order valence-electron chi connectivity index (χ2n) is 4.95. The van der Waals surface area contributed by atoms with Crippen LogP contribution in [-0.2, 0) is 11.2 Å². The van der Waals surface area contributed by atoms with Crippen LogP contribution in [0.25, 0.3) is 0 Å². The third-order valence-corrected chi connectivity index (χ3v) is 3.27. The van der Waals surface area contributed by atoms with E-state index >= 15 is 0 Å². The van der Waals surface area contributed by atoms with Crippen LogP contribution in [0.4, 0.5) is 0 Å². The summed E-state index contributed by atoms with van der Waals surface area (Å²) in [4.78, 5) is 11.1. The first-order valence-corrected chi connectivity index (χ1v) is 6.09. The molecular weight excluding hydrogens is 256 g/mol. The largest absolute Gasteiger partial charge is 0.486 e. The first-order chi connectivity index (χ1) is 8.40. The van der Waals surface area contributed by atoms with E-state index < -0.39 is 11.4 Å². The molecule has 0 saturated heterocycles. The Morgan fingerprint density at radius 3 is 2.44 bits per heavy atom. The van der Waals surface area contributed by atoms with Crippen molar-refractivity contribution in [2.45, 2.75) is 20.3 Å². The molecule has 1 N–H and O–H groups in total. The Bertz CT molecular complexity index is 482. The highest BCUT2D eigenvalue weighted by atomic mass is 35.5. The molecule has 1 aliphatic rings. The van der Waals surface area contributed by atoms with Crippen molar-refractivity contribution in [2.75, 3.05) is 13.2 Å². The van der Waals surface area contributed by atoms with Crippen LogP contribution >= 0.6 is 11.6 Å². The van der Waals surface area contributed by atoms with Crippen molar-refractivity contribution in [2.24, 2.45) is 5.41 Å². The summed E-state index contributed by atoms with van der Waals surface area (Å²) in [6.45, 7) is 4.34. The number of hydrogen-bond donors (Lipinski definition) is 1. The number of carbonyl (C=O) groups is 1. The summed E-state index contributed by atoms with van der Waals surface area (Å²) in [5.41, 5.74) is -0.110. The van der Waals surface area contributed by atoms with Gasteiger partial charge in [-0.1, -0.05) is 11.6 Å². The summed E-state index contributed by atoms with van der Waals surface area (Å²) in [7, 11) is 0. The van der Waals surface area contributed by atoms with Gasteiger partial charge in [0.15, 0.2) is 11.5 Å². The predicted octanol–water partition coefficient (Wildman–Crippen LogP) is 2.76. The lowest BCUT2D eigenvalue weighted by Gasteiger charge is -2.23. The highest BCUT2D eigenvalue weighted by Gasteiger charge is 2.29. The van der Waals surface area contributed by atoms with Gasteiger partial charge in [-0.2, -0.15) is 0 Å². The Balaban J connectivity index is 2.31. The van der Waals surface area contributed by atoms with E-state index in [1.807, 2.05) is 0 Å². The van der Waals surface area contributed by atoms with E-state index in [1.165, 1.54) is 0 Å². The van der Waals surface area contributed by atoms with E-state index in [1.54, 1.807) is 26.0 Å². The minimum atomic E-state index is -0.868. The smallest absolute Gasteiger partial charge is 0.309 e. The lowest BCUT2D eigenvalue weighted by atomic mass is 9.86. The lowest BCUT2D eigenvalue weighted by molar-refractivity contribution is -0.146. The van der Waals surface area contributed by atoms with Crippen LogP contribution in [0.3, 0.4) is 0 Å². The molecule has 0 atom stereocenters. The molecule has 0 unspecified atom stereocenters. The second kappa shape index (κ2) is 4.69. The molecule has 18 heavy (non-hydrogen) atoms. The molecule has 0 bridgehead atoms. The fourth-order valence-electron chi connectivity index (χ4n) is 1.79. The minimum Gasteiger partial charge on any atom is -0.486 e. The Morgan fingerprint density at radius 1 is 1.33 bits per heavy atom. The van der Waals surface area contributed by atoms with Crippen LogP contribution in [0, 0.1) is 5.41 Å². The maximum atomic E-state index is 11.1. The zero-order chi connectivity index (χ0) is 13.3. The number of carboxylic acids is 1. The highest BCUT2D eigenvalue weighted by molar-refractivity contribution is 6.31. The second-order valence-corrected chi connectivity index (χ2v) is 5.36. The number of carboxylic acid groups (broad SMARTS) is 1. The van der Waals surface area contributed by atoms with Crippen LogP contribution in [0.5, 0.6) is 11.5 Å². The first kappa shape index (κ1) is 13.0. The third kappa shape index (κ3) is 2.53. The van der Waals surface area contributed by atoms with E-state index in [-0.39, 0.29) is 0 Å². The van der Waals surface area contributed by atoms with Crippen molar-refractivity contribution in [3.05, 3.63) is 22.7 Å². The maximum absolute atomic E-state index is 11.1. The van der Waals surface area contributed by atoms with Crippen molar-refractivity contribution in [3.63, 3.8) is 0 Å². The summed E-state index contributed by atoms with van der Waals surface area (Å²) in [6.07, 6.45) is 0.345. The molecule has 1 heterocycles. The average molecular weight is 271 g/mol. The summed E-state index contributed by atoms with van der Waals surface area (Å²) in [5.74, 6) is 0.387. The van der Waals surface area contributed by atoms with E-state index in [9.17, 15) is 4.79 Å². The van der Waals surface area contributed by atoms with Gasteiger partial charge in [0.25, 0.3) is 0 Å². The van der Waals surface area contributed by atoms with E-state index in [2.05, 4.69) is 0 Å². The van der Waals surface area contributed by atoms with E-state index in [0.717, 1.165) is 5.56 Å². The van der Waals surface area contributed by atoms with E-state index in [4.69, 9.17) is 26.2 Å². The Kier molecular flexibility index (Phi) is 3.39. The van der Waals surface area contributed by atoms with Gasteiger partial charge in [-0.05, 0) is 31.9 Å². The third-order valence-electron chi connectivity index (χ3n) is 2.92. The summed E-state index contributed by atoms with van der Waals surface area (Å²) in [6, 6.07) is 3.45. The van der Waals surface area contributed by atoms with Gasteiger partial charge in [-0.25, -0.2) is 0 Å². The summed E-state index contributed by atoms with van der Waals surface area (Å²) >= 11 is 6.14. The molecule has 0 radical (unpaired) electrons. The van der Waals surface area contributed by atoms with Crippen LogP contribution in [0.2, 0.25) is 5.02 Å². The minimum absolute atomic E-state index is 0.345. The van der Waals surface area contributed by atoms with Crippen LogP contribution in [0.1, 0.15) is 19.4 Å². The van der Waals surface area contributed by atoms with Crippen LogP contribution < -0.4 is 9.47 Å². The number of aliphatic carboxylic acids is 1. The zero-order valence-electron chi connectivity index (χ0n) is 10.3. The van der Waals surface area contributed by atoms with Gasteiger partial charge in [0.1, 0.15) is 13.2 Å². The van der Waals surface area contributed by atoms with Gasteiger partial charge in [0.05, 0.1) is 5.41 Å². The van der Waals surface area contributed by atoms with Gasteiger partial charge >= 0.3 is 5.97 Å². The normalized spacial score (nSPS) is 14.4. The SMILES string of the molecule is CC(C)(Cc1cc2c(cc1Cl)OCCO2)C(=O)O. The van der Waals surface area contributed by atoms with Gasteiger partial charge < -0.3 is 14.6 Å². The number of hydrogen-bond acceptors (Lipinski definition) is 3. The maximum Gasteiger partial charge on any atom is 0.309 e. The van der Waals surface area contributed by atoms with Crippen LogP contribution in [0.15, 0.2) is 12.1 Å². The molecule has 1 aromatic rings. The number of ether oxygens (including phenoxy) is 2. The Morgan fingerprint density at radius 2 is 1.89 bits per heavy atom. The molecule has 1 aromatic carbocycles. The molecule has 1 aliphatic heterocycles. The van der Waals surface area contributed by atoms with Crippen LogP contribution in [-0.4, -0.2) is 24.3 Å². The first-order valence-electron chi connectivity index (χ1n) is 5.71. The molecule has 2 rings (SSSR count). The lowest BCUT2D eigenvalue weighted by Crippen LogP contribution is -2.26. The molecule has 5 heteroatoms. The molecule has 0 aliphatic carbocycles. The van der Waals surface area contributed by atoms with Crippen molar-refractivity contribution in [3.8, 4) is 11.5 Å². The van der Waals surface area contributed by atoms with Crippen molar-refractivity contribution < 1.29 is 19.4 Å². The van der Waals surface area contributed by atoms with Crippen molar-refractivity contribution in [1.82, 2.24) is 0 Å². The van der Waals surface area contributed by atoms with Crippen molar-refractivity contribution in [1.29, 1.82) is 0 Å². The fraction of sp³-hybridized carbons (Fsp3) is 0.462. The molecular formula is C13H15ClO4.